The Balaban J connectivity index is 1.94. The molecule has 2 rings (SSSR count). The zero-order valence-electron chi connectivity index (χ0n) is 12.2. The van der Waals surface area contributed by atoms with E-state index in [0.29, 0.717) is 19.5 Å². The Kier molecular flexibility index (Phi) is 3.98. The van der Waals surface area contributed by atoms with Crippen LogP contribution in [0, 0.1) is 11.3 Å². The van der Waals surface area contributed by atoms with Gasteiger partial charge in [-0.3, -0.25) is 4.68 Å². The Morgan fingerprint density at radius 1 is 1.60 bits per heavy atom. The van der Waals surface area contributed by atoms with Crippen molar-refractivity contribution in [3.63, 3.8) is 0 Å². The SMILES string of the molecule is CC(C)(C)OC(=O)N1CCC(n2cc(CC#N)cn2)C1. The van der Waals surface area contributed by atoms with Crippen LogP contribution in [0.15, 0.2) is 12.4 Å². The minimum absolute atomic E-state index is 0.162. The number of nitrogens with zero attached hydrogens (tertiary/aromatic N) is 4. The molecular formula is C14H20N4O2. The first-order valence-corrected chi connectivity index (χ1v) is 6.77. The molecule has 0 spiro atoms. The van der Waals surface area contributed by atoms with E-state index >= 15 is 0 Å². The summed E-state index contributed by atoms with van der Waals surface area (Å²) in [5, 5.41) is 12.9. The predicted octanol–water partition coefficient (Wildman–Crippen LogP) is 2.13. The van der Waals surface area contributed by atoms with Crippen LogP contribution in [0.25, 0.3) is 0 Å². The summed E-state index contributed by atoms with van der Waals surface area (Å²) in [6, 6.07) is 2.26. The van der Waals surface area contributed by atoms with Crippen LogP contribution in [-0.4, -0.2) is 39.5 Å². The minimum atomic E-state index is -0.471. The van der Waals surface area contributed by atoms with Gasteiger partial charge in [-0.25, -0.2) is 4.79 Å². The van der Waals surface area contributed by atoms with Gasteiger partial charge in [-0.1, -0.05) is 0 Å². The molecule has 1 aliphatic heterocycles. The van der Waals surface area contributed by atoms with Gasteiger partial charge in [0.25, 0.3) is 0 Å². The zero-order valence-corrected chi connectivity index (χ0v) is 12.2. The largest absolute Gasteiger partial charge is 0.444 e. The molecule has 0 saturated carbocycles. The molecule has 6 nitrogen and oxygen atoms in total. The number of carbonyl (C=O) groups is 1. The Morgan fingerprint density at radius 2 is 2.35 bits per heavy atom. The highest BCUT2D eigenvalue weighted by Crippen LogP contribution is 2.23. The van der Waals surface area contributed by atoms with Gasteiger partial charge in [0.05, 0.1) is 24.7 Å². The number of hydrogen-bond donors (Lipinski definition) is 0. The van der Waals surface area contributed by atoms with Crippen molar-refractivity contribution in [1.82, 2.24) is 14.7 Å². The zero-order chi connectivity index (χ0) is 14.8. The lowest BCUT2D eigenvalue weighted by atomic mass is 10.2. The third-order valence-corrected chi connectivity index (χ3v) is 3.13. The summed E-state index contributed by atoms with van der Waals surface area (Å²) in [4.78, 5) is 13.7. The maximum atomic E-state index is 12.0. The highest BCUT2D eigenvalue weighted by atomic mass is 16.6. The van der Waals surface area contributed by atoms with Crippen LogP contribution in [0.2, 0.25) is 0 Å². The average molecular weight is 276 g/mol. The molecule has 0 aliphatic carbocycles. The molecule has 1 aromatic rings. The van der Waals surface area contributed by atoms with E-state index in [1.54, 1.807) is 11.1 Å². The van der Waals surface area contributed by atoms with Crippen molar-refractivity contribution >= 4 is 6.09 Å². The lowest BCUT2D eigenvalue weighted by Gasteiger charge is -2.24. The molecular weight excluding hydrogens is 256 g/mol. The van der Waals surface area contributed by atoms with E-state index in [0.717, 1.165) is 12.0 Å². The van der Waals surface area contributed by atoms with E-state index in [2.05, 4.69) is 11.2 Å². The third kappa shape index (κ3) is 3.50. The Hall–Kier alpha value is -2.03. The molecule has 108 valence electrons. The quantitative estimate of drug-likeness (QED) is 0.829. The highest BCUT2D eigenvalue weighted by molar-refractivity contribution is 5.68. The van der Waals surface area contributed by atoms with E-state index in [-0.39, 0.29) is 12.1 Å². The summed E-state index contributed by atoms with van der Waals surface area (Å²) in [7, 11) is 0. The lowest BCUT2D eigenvalue weighted by Crippen LogP contribution is -2.35. The van der Waals surface area contributed by atoms with Gasteiger partial charge in [-0.15, -0.1) is 0 Å². The van der Waals surface area contributed by atoms with Gasteiger partial charge in [-0.05, 0) is 27.2 Å². The van der Waals surface area contributed by atoms with Gasteiger partial charge in [-0.2, -0.15) is 10.4 Å². The van der Waals surface area contributed by atoms with Gasteiger partial charge < -0.3 is 9.64 Å². The molecule has 0 bridgehead atoms. The van der Waals surface area contributed by atoms with Gasteiger partial charge >= 0.3 is 6.09 Å². The molecule has 1 amide bonds. The van der Waals surface area contributed by atoms with E-state index in [1.165, 1.54) is 0 Å². The second-order valence-corrected chi connectivity index (χ2v) is 6.03. The van der Waals surface area contributed by atoms with Crippen LogP contribution in [0.3, 0.4) is 0 Å². The van der Waals surface area contributed by atoms with Gasteiger partial charge in [0.15, 0.2) is 0 Å². The Morgan fingerprint density at radius 3 is 3.00 bits per heavy atom. The van der Waals surface area contributed by atoms with Crippen molar-refractivity contribution in [2.45, 2.75) is 45.3 Å². The number of aromatic nitrogens is 2. The molecule has 0 aromatic carbocycles. The number of nitriles is 1. The predicted molar refractivity (Wildman–Crippen MR) is 73.0 cm³/mol. The molecule has 0 N–H and O–H groups in total. The highest BCUT2D eigenvalue weighted by Gasteiger charge is 2.30. The molecule has 20 heavy (non-hydrogen) atoms. The molecule has 1 unspecified atom stereocenters. The molecule has 1 aromatic heterocycles. The van der Waals surface area contributed by atoms with Gasteiger partial charge in [0.1, 0.15) is 5.60 Å². The summed E-state index contributed by atoms with van der Waals surface area (Å²) < 4.78 is 7.21. The van der Waals surface area contributed by atoms with Gasteiger partial charge in [0.2, 0.25) is 0 Å². The van der Waals surface area contributed by atoms with Crippen molar-refractivity contribution in [3.8, 4) is 6.07 Å². The van der Waals surface area contributed by atoms with Crippen molar-refractivity contribution < 1.29 is 9.53 Å². The Bertz CT molecular complexity index is 524. The van der Waals surface area contributed by atoms with Crippen LogP contribution in [0.1, 0.15) is 38.8 Å². The maximum absolute atomic E-state index is 12.0. The van der Waals surface area contributed by atoms with Crippen LogP contribution in [0.4, 0.5) is 4.79 Å². The van der Waals surface area contributed by atoms with Crippen LogP contribution in [0.5, 0.6) is 0 Å². The summed E-state index contributed by atoms with van der Waals surface area (Å²) >= 11 is 0. The second-order valence-electron chi connectivity index (χ2n) is 6.03. The number of ether oxygens (including phenoxy) is 1. The van der Waals surface area contributed by atoms with E-state index in [4.69, 9.17) is 10.00 Å². The number of rotatable bonds is 2. The van der Waals surface area contributed by atoms with Crippen LogP contribution in [-0.2, 0) is 11.2 Å². The number of amides is 1. The van der Waals surface area contributed by atoms with Crippen molar-refractivity contribution in [2.75, 3.05) is 13.1 Å². The van der Waals surface area contributed by atoms with E-state index < -0.39 is 5.60 Å². The summed E-state index contributed by atoms with van der Waals surface area (Å²) in [5.41, 5.74) is 0.434. The van der Waals surface area contributed by atoms with Crippen LogP contribution < -0.4 is 0 Å². The first kappa shape index (κ1) is 14.4. The second kappa shape index (κ2) is 5.53. The van der Waals surface area contributed by atoms with E-state index in [1.807, 2.05) is 31.6 Å². The smallest absolute Gasteiger partial charge is 0.410 e. The first-order chi connectivity index (χ1) is 9.39. The maximum Gasteiger partial charge on any atom is 0.410 e. The standard InChI is InChI=1S/C14H20N4O2/c1-14(2,3)20-13(19)17-7-5-12(10-17)18-9-11(4-6-15)8-16-18/h8-9,12H,4-5,7,10H2,1-3H3. The number of carbonyl (C=O) groups excluding carboxylic acids is 1. The fourth-order valence-corrected chi connectivity index (χ4v) is 2.21. The van der Waals surface area contributed by atoms with Gasteiger partial charge in [0, 0.05) is 24.8 Å². The van der Waals surface area contributed by atoms with Crippen LogP contribution >= 0.6 is 0 Å². The Labute approximate surface area is 118 Å². The molecule has 0 radical (unpaired) electrons. The fourth-order valence-electron chi connectivity index (χ4n) is 2.21. The average Bonchev–Trinajstić information content (AvgIpc) is 2.94. The molecule has 2 heterocycles. The molecule has 1 saturated heterocycles. The molecule has 1 atom stereocenters. The first-order valence-electron chi connectivity index (χ1n) is 6.77. The minimum Gasteiger partial charge on any atom is -0.444 e. The molecule has 1 aliphatic rings. The fraction of sp³-hybridized carbons (Fsp3) is 0.643. The number of hydrogen-bond acceptors (Lipinski definition) is 4. The number of likely N-dealkylation sites (tertiary alicyclic amines) is 1. The summed E-state index contributed by atoms with van der Waals surface area (Å²) in [6.45, 7) is 6.86. The monoisotopic (exact) mass is 276 g/mol. The summed E-state index contributed by atoms with van der Waals surface area (Å²) in [5.74, 6) is 0. The summed E-state index contributed by atoms with van der Waals surface area (Å²) in [6.07, 6.45) is 4.53. The normalized spacial score (nSPS) is 18.9. The van der Waals surface area contributed by atoms with Crippen molar-refractivity contribution in [2.24, 2.45) is 0 Å². The third-order valence-electron chi connectivity index (χ3n) is 3.13. The van der Waals surface area contributed by atoms with E-state index in [9.17, 15) is 4.79 Å². The topological polar surface area (TPSA) is 71.2 Å². The van der Waals surface area contributed by atoms with Crippen molar-refractivity contribution in [3.05, 3.63) is 18.0 Å². The molecule has 6 heteroatoms. The lowest BCUT2D eigenvalue weighted by molar-refractivity contribution is 0.0288. The molecule has 1 fully saturated rings. The van der Waals surface area contributed by atoms with Crippen molar-refractivity contribution in [1.29, 1.82) is 5.26 Å².